The second-order valence-electron chi connectivity index (χ2n) is 6.17. The predicted octanol–water partition coefficient (Wildman–Crippen LogP) is 2.24. The second kappa shape index (κ2) is 8.66. The molecule has 0 aliphatic rings. The molecule has 1 N–H and O–H groups in total. The van der Waals surface area contributed by atoms with Gasteiger partial charge < -0.3 is 10.0 Å². The first-order valence-corrected chi connectivity index (χ1v) is 8.94. The fraction of sp³-hybridized carbons (Fsp3) is 0.412. The molecule has 25 heavy (non-hydrogen) atoms. The quantitative estimate of drug-likeness (QED) is 0.725. The summed E-state index contributed by atoms with van der Waals surface area (Å²) in [5.74, 6) is -0.921. The maximum absolute atomic E-state index is 12.4. The Balaban J connectivity index is 2.05. The molecule has 1 aromatic heterocycles. The molecule has 0 unspecified atom stereocenters. The number of carboxylic acids is 1. The van der Waals surface area contributed by atoms with Crippen LogP contribution in [0.3, 0.4) is 0 Å². The number of carbonyl (C=O) groups is 2. The summed E-state index contributed by atoms with van der Waals surface area (Å²) in [6.07, 6.45) is 1.60. The van der Waals surface area contributed by atoms with Crippen LogP contribution in [0, 0.1) is 12.8 Å². The standard InChI is InChI=1S/C17H22N4O3S/c1-12(2)8-20(9-16(23)24)15(22)10-25-17-19-18-11-21(17)14-6-4-13(3)5-7-14/h4-7,11-12H,8-10H2,1-3H3,(H,23,24). The number of carboxylic acid groups (broad SMARTS) is 1. The number of rotatable bonds is 8. The van der Waals surface area contributed by atoms with Gasteiger partial charge in [0, 0.05) is 12.2 Å². The van der Waals surface area contributed by atoms with Crippen LogP contribution in [-0.4, -0.2) is 55.5 Å². The minimum atomic E-state index is -1.01. The van der Waals surface area contributed by atoms with E-state index in [2.05, 4.69) is 10.2 Å². The highest BCUT2D eigenvalue weighted by Gasteiger charge is 2.19. The molecule has 8 heteroatoms. The molecule has 0 fully saturated rings. The number of carbonyl (C=O) groups excluding carboxylic acids is 1. The van der Waals surface area contributed by atoms with Gasteiger partial charge in [0.15, 0.2) is 5.16 Å². The Morgan fingerprint density at radius 1 is 1.28 bits per heavy atom. The highest BCUT2D eigenvalue weighted by molar-refractivity contribution is 7.99. The lowest BCUT2D eigenvalue weighted by Crippen LogP contribution is -2.39. The van der Waals surface area contributed by atoms with Crippen LogP contribution in [0.15, 0.2) is 35.7 Å². The predicted molar refractivity (Wildman–Crippen MR) is 95.9 cm³/mol. The number of thioether (sulfide) groups is 1. The van der Waals surface area contributed by atoms with Crippen molar-refractivity contribution in [2.24, 2.45) is 5.92 Å². The lowest BCUT2D eigenvalue weighted by atomic mass is 10.2. The van der Waals surface area contributed by atoms with Crippen molar-refractivity contribution in [3.8, 4) is 5.69 Å². The average molecular weight is 362 g/mol. The van der Waals surface area contributed by atoms with Crippen LogP contribution in [0.2, 0.25) is 0 Å². The maximum Gasteiger partial charge on any atom is 0.323 e. The molecule has 0 saturated carbocycles. The van der Waals surface area contributed by atoms with Crippen molar-refractivity contribution in [1.29, 1.82) is 0 Å². The van der Waals surface area contributed by atoms with E-state index >= 15 is 0 Å². The zero-order valence-electron chi connectivity index (χ0n) is 14.5. The topological polar surface area (TPSA) is 88.3 Å². The minimum Gasteiger partial charge on any atom is -0.480 e. The molecule has 0 spiro atoms. The first-order valence-electron chi connectivity index (χ1n) is 7.96. The van der Waals surface area contributed by atoms with Gasteiger partial charge in [-0.25, -0.2) is 0 Å². The summed E-state index contributed by atoms with van der Waals surface area (Å²) >= 11 is 1.25. The summed E-state index contributed by atoms with van der Waals surface area (Å²) in [5, 5.41) is 17.6. The Labute approximate surface area is 151 Å². The third-order valence-corrected chi connectivity index (χ3v) is 4.35. The summed E-state index contributed by atoms with van der Waals surface area (Å²) in [6, 6.07) is 7.90. The molecule has 7 nitrogen and oxygen atoms in total. The number of amides is 1. The summed E-state index contributed by atoms with van der Waals surface area (Å²) in [6.45, 7) is 6.03. The number of hydrogen-bond acceptors (Lipinski definition) is 5. The van der Waals surface area contributed by atoms with Crippen molar-refractivity contribution in [3.63, 3.8) is 0 Å². The van der Waals surface area contributed by atoms with E-state index in [-0.39, 0.29) is 24.1 Å². The Kier molecular flexibility index (Phi) is 6.58. The molecule has 0 aliphatic heterocycles. The van der Waals surface area contributed by atoms with E-state index in [1.807, 2.05) is 45.0 Å². The monoisotopic (exact) mass is 362 g/mol. The van der Waals surface area contributed by atoms with Crippen LogP contribution in [-0.2, 0) is 9.59 Å². The van der Waals surface area contributed by atoms with Gasteiger partial charge in [-0.2, -0.15) is 0 Å². The third-order valence-electron chi connectivity index (χ3n) is 3.42. The Hall–Kier alpha value is -2.35. The second-order valence-corrected chi connectivity index (χ2v) is 7.11. The number of aliphatic carboxylic acids is 1. The van der Waals surface area contributed by atoms with Crippen molar-refractivity contribution >= 4 is 23.6 Å². The van der Waals surface area contributed by atoms with Gasteiger partial charge in [0.1, 0.15) is 12.9 Å². The lowest BCUT2D eigenvalue weighted by molar-refractivity contribution is -0.143. The largest absolute Gasteiger partial charge is 0.480 e. The molecule has 134 valence electrons. The van der Waals surface area contributed by atoms with E-state index in [1.54, 1.807) is 10.9 Å². The summed E-state index contributed by atoms with van der Waals surface area (Å²) in [4.78, 5) is 24.7. The van der Waals surface area contributed by atoms with E-state index in [4.69, 9.17) is 5.11 Å². The highest BCUT2D eigenvalue weighted by atomic mass is 32.2. The molecule has 1 heterocycles. The number of aryl methyl sites for hydroxylation is 1. The van der Waals surface area contributed by atoms with Crippen LogP contribution in [0.4, 0.5) is 0 Å². The molecule has 1 amide bonds. The normalized spacial score (nSPS) is 10.9. The van der Waals surface area contributed by atoms with E-state index < -0.39 is 5.97 Å². The number of aromatic nitrogens is 3. The molecular formula is C17H22N4O3S. The fourth-order valence-corrected chi connectivity index (χ4v) is 3.11. The lowest BCUT2D eigenvalue weighted by Gasteiger charge is -2.22. The SMILES string of the molecule is Cc1ccc(-n2cnnc2SCC(=O)N(CC(=O)O)CC(C)C)cc1. The molecular weight excluding hydrogens is 340 g/mol. The van der Waals surface area contributed by atoms with Crippen molar-refractivity contribution in [3.05, 3.63) is 36.2 Å². The first-order chi connectivity index (χ1) is 11.9. The molecule has 2 aromatic rings. The van der Waals surface area contributed by atoms with Crippen LogP contribution < -0.4 is 0 Å². The van der Waals surface area contributed by atoms with Crippen LogP contribution in [0.25, 0.3) is 5.69 Å². The van der Waals surface area contributed by atoms with Crippen molar-refractivity contribution in [2.45, 2.75) is 25.9 Å². The van der Waals surface area contributed by atoms with Crippen molar-refractivity contribution in [1.82, 2.24) is 19.7 Å². The smallest absolute Gasteiger partial charge is 0.323 e. The van der Waals surface area contributed by atoms with Gasteiger partial charge in [0.05, 0.1) is 5.75 Å². The minimum absolute atomic E-state index is 0.116. The van der Waals surface area contributed by atoms with Gasteiger partial charge in [0.2, 0.25) is 5.91 Å². The van der Waals surface area contributed by atoms with Gasteiger partial charge in [-0.05, 0) is 25.0 Å². The fourth-order valence-electron chi connectivity index (χ4n) is 2.28. The van der Waals surface area contributed by atoms with Crippen molar-refractivity contribution in [2.75, 3.05) is 18.8 Å². The summed E-state index contributed by atoms with van der Waals surface area (Å²) < 4.78 is 1.81. The van der Waals surface area contributed by atoms with Crippen LogP contribution >= 0.6 is 11.8 Å². The van der Waals surface area contributed by atoms with E-state index in [9.17, 15) is 9.59 Å². The Morgan fingerprint density at radius 3 is 2.56 bits per heavy atom. The number of hydrogen-bond donors (Lipinski definition) is 1. The van der Waals surface area contributed by atoms with Gasteiger partial charge in [-0.1, -0.05) is 43.3 Å². The van der Waals surface area contributed by atoms with Gasteiger partial charge >= 0.3 is 5.97 Å². The molecule has 0 aliphatic carbocycles. The first kappa shape index (κ1) is 19.0. The number of benzene rings is 1. The van der Waals surface area contributed by atoms with Crippen LogP contribution in [0.1, 0.15) is 19.4 Å². The maximum atomic E-state index is 12.4. The van der Waals surface area contributed by atoms with E-state index in [0.29, 0.717) is 11.7 Å². The average Bonchev–Trinajstić information content (AvgIpc) is 3.00. The van der Waals surface area contributed by atoms with E-state index in [0.717, 1.165) is 11.3 Å². The summed E-state index contributed by atoms with van der Waals surface area (Å²) in [7, 11) is 0. The van der Waals surface area contributed by atoms with E-state index in [1.165, 1.54) is 16.7 Å². The van der Waals surface area contributed by atoms with Gasteiger partial charge in [-0.15, -0.1) is 10.2 Å². The molecule has 0 bridgehead atoms. The zero-order chi connectivity index (χ0) is 18.4. The Morgan fingerprint density at radius 2 is 1.96 bits per heavy atom. The number of nitrogens with zero attached hydrogens (tertiary/aromatic N) is 4. The molecule has 2 rings (SSSR count). The van der Waals surface area contributed by atoms with Crippen molar-refractivity contribution < 1.29 is 14.7 Å². The highest BCUT2D eigenvalue weighted by Crippen LogP contribution is 2.20. The Bertz CT molecular complexity index is 728. The van der Waals surface area contributed by atoms with Gasteiger partial charge in [-0.3, -0.25) is 14.2 Å². The molecule has 0 radical (unpaired) electrons. The third kappa shape index (κ3) is 5.60. The molecule has 0 atom stereocenters. The molecule has 0 saturated heterocycles. The summed E-state index contributed by atoms with van der Waals surface area (Å²) in [5.41, 5.74) is 2.06. The molecule has 1 aromatic carbocycles. The zero-order valence-corrected chi connectivity index (χ0v) is 15.4. The van der Waals surface area contributed by atoms with Crippen LogP contribution in [0.5, 0.6) is 0 Å². The van der Waals surface area contributed by atoms with Gasteiger partial charge in [0.25, 0.3) is 0 Å².